The number of carbonyl (C=O) groups is 1. The highest BCUT2D eigenvalue weighted by atomic mass is 79.9. The Bertz CT molecular complexity index is 1180. The molecule has 36 heavy (non-hydrogen) atoms. The fourth-order valence-corrected chi connectivity index (χ4v) is 4.57. The van der Waals surface area contributed by atoms with Crippen molar-refractivity contribution < 1.29 is 9.53 Å². The number of aromatic amines is 1. The number of pyridine rings is 1. The van der Waals surface area contributed by atoms with Gasteiger partial charge in [0.05, 0.1) is 24.5 Å². The van der Waals surface area contributed by atoms with Gasteiger partial charge in [-0.25, -0.2) is 0 Å². The number of amides is 1. The lowest BCUT2D eigenvalue weighted by molar-refractivity contribution is 0.0342. The Labute approximate surface area is 222 Å². The van der Waals surface area contributed by atoms with Gasteiger partial charge in [0, 0.05) is 63.3 Å². The number of hydrogen-bond acceptors (Lipinski definition) is 6. The Balaban J connectivity index is 0.00000304. The van der Waals surface area contributed by atoms with Crippen molar-refractivity contribution in [2.75, 3.05) is 57.4 Å². The topological polar surface area (TPSA) is 99.5 Å². The second kappa shape index (κ2) is 12.3. The van der Waals surface area contributed by atoms with E-state index in [0.29, 0.717) is 5.56 Å². The van der Waals surface area contributed by atoms with Crippen LogP contribution in [-0.2, 0) is 11.3 Å². The summed E-state index contributed by atoms with van der Waals surface area (Å²) < 4.78 is 5.43. The van der Waals surface area contributed by atoms with Gasteiger partial charge in [0.1, 0.15) is 5.82 Å². The number of morpholine rings is 1. The van der Waals surface area contributed by atoms with Crippen molar-refractivity contribution in [3.05, 3.63) is 71.0 Å². The summed E-state index contributed by atoms with van der Waals surface area (Å²) in [5.74, 6) is 0.368. The van der Waals surface area contributed by atoms with Crippen molar-refractivity contribution in [3.63, 3.8) is 0 Å². The fourth-order valence-electron chi connectivity index (χ4n) is 4.57. The number of nitrogens with two attached hydrogens (primary N) is 1. The van der Waals surface area contributed by atoms with Crippen LogP contribution >= 0.6 is 17.0 Å². The Morgan fingerprint density at radius 1 is 1.03 bits per heavy atom. The lowest BCUT2D eigenvalue weighted by atomic mass is 10.1. The number of anilines is 1. The molecule has 190 valence electrons. The summed E-state index contributed by atoms with van der Waals surface area (Å²) in [5, 5.41) is 3.33. The van der Waals surface area contributed by atoms with E-state index >= 15 is 0 Å². The molecule has 0 aliphatic carbocycles. The number of rotatable bonds is 7. The van der Waals surface area contributed by atoms with Gasteiger partial charge >= 0.3 is 0 Å². The quantitative estimate of drug-likeness (QED) is 0.416. The summed E-state index contributed by atoms with van der Waals surface area (Å²) >= 11 is 0. The van der Waals surface area contributed by atoms with E-state index in [9.17, 15) is 4.79 Å². The van der Waals surface area contributed by atoms with Crippen molar-refractivity contribution in [1.82, 2.24) is 20.2 Å². The zero-order valence-electron chi connectivity index (χ0n) is 20.3. The first-order chi connectivity index (χ1) is 17.2. The average molecular weight is 554 g/mol. The first-order valence-electron chi connectivity index (χ1n) is 12.2. The zero-order chi connectivity index (χ0) is 24.0. The number of nitrogens with one attached hydrogen (secondary N) is 2. The highest BCUT2D eigenvalue weighted by molar-refractivity contribution is 8.93. The summed E-state index contributed by atoms with van der Waals surface area (Å²) in [4.78, 5) is 24.6. The molecule has 1 aromatic carbocycles. The Morgan fingerprint density at radius 3 is 2.50 bits per heavy atom. The lowest BCUT2D eigenvalue weighted by Crippen LogP contribution is -2.44. The van der Waals surface area contributed by atoms with Gasteiger partial charge in [0.25, 0.3) is 5.91 Å². The Morgan fingerprint density at radius 2 is 1.78 bits per heavy atom. The predicted molar refractivity (Wildman–Crippen MR) is 149 cm³/mol. The van der Waals surface area contributed by atoms with Crippen molar-refractivity contribution in [2.45, 2.75) is 6.54 Å². The van der Waals surface area contributed by atoms with Crippen LogP contribution in [0.2, 0.25) is 0 Å². The maximum atomic E-state index is 12.1. The smallest absolute Gasteiger partial charge is 0.252 e. The summed E-state index contributed by atoms with van der Waals surface area (Å²) in [6, 6.07) is 14.4. The molecule has 4 heterocycles. The molecule has 4 N–H and O–H groups in total. The van der Waals surface area contributed by atoms with Crippen LogP contribution in [-0.4, -0.2) is 73.3 Å². The molecule has 0 saturated carbocycles. The molecule has 2 saturated heterocycles. The van der Waals surface area contributed by atoms with Gasteiger partial charge in [-0.05, 0) is 35.4 Å². The van der Waals surface area contributed by atoms with Crippen molar-refractivity contribution in [1.29, 1.82) is 0 Å². The number of nitrogens with zero attached hydrogens (tertiary/aromatic N) is 3. The van der Waals surface area contributed by atoms with E-state index in [1.54, 1.807) is 6.20 Å². The van der Waals surface area contributed by atoms with Crippen LogP contribution in [0.4, 0.5) is 5.82 Å². The number of H-pyrrole nitrogens is 1. The third-order valence-electron chi connectivity index (χ3n) is 6.52. The second-order valence-electron chi connectivity index (χ2n) is 8.98. The molecule has 5 rings (SSSR count). The first kappa shape index (κ1) is 26.1. The Kier molecular flexibility index (Phi) is 8.93. The molecule has 2 aliphatic rings. The van der Waals surface area contributed by atoms with Gasteiger partial charge in [0.15, 0.2) is 0 Å². The second-order valence-corrected chi connectivity index (χ2v) is 8.98. The van der Waals surface area contributed by atoms with Gasteiger partial charge in [-0.1, -0.05) is 30.3 Å². The van der Waals surface area contributed by atoms with E-state index in [1.165, 1.54) is 5.56 Å². The van der Waals surface area contributed by atoms with Gasteiger partial charge in [0.2, 0.25) is 0 Å². The summed E-state index contributed by atoms with van der Waals surface area (Å²) in [5.41, 5.74) is 11.3. The minimum atomic E-state index is -0.424. The predicted octanol–water partition coefficient (Wildman–Crippen LogP) is 3.17. The van der Waals surface area contributed by atoms with E-state index < -0.39 is 5.91 Å². The number of aromatic nitrogens is 2. The monoisotopic (exact) mass is 552 g/mol. The molecule has 2 aliphatic heterocycles. The Hall–Kier alpha value is -2.98. The van der Waals surface area contributed by atoms with Gasteiger partial charge < -0.3 is 25.7 Å². The number of halogens is 1. The number of ether oxygens (including phenoxy) is 1. The number of benzene rings is 1. The molecule has 3 aromatic rings. The maximum Gasteiger partial charge on any atom is 0.252 e. The zero-order valence-corrected chi connectivity index (χ0v) is 22.0. The van der Waals surface area contributed by atoms with Gasteiger partial charge in [-0.2, -0.15) is 0 Å². The summed E-state index contributed by atoms with van der Waals surface area (Å²) in [7, 11) is 0. The van der Waals surface area contributed by atoms with Crippen LogP contribution in [0.5, 0.6) is 0 Å². The summed E-state index contributed by atoms with van der Waals surface area (Å²) in [6.07, 6.45) is 5.87. The molecule has 0 unspecified atom stereocenters. The third-order valence-corrected chi connectivity index (χ3v) is 6.52. The first-order valence-corrected chi connectivity index (χ1v) is 12.2. The standard InChI is InChI=1S/C27H32N6O2.BrH/c28-26(34)24-18-25(31-27(24)33-11-9-29-10-12-33)22-7-8-30-23(17-22)6-5-20-1-3-21(4-2-20)19-32-13-15-35-16-14-32;/h1-8,17-18,29,31H,9-16,19H2,(H2,28,34);1H/b6-5+;. The molecule has 8 nitrogen and oxygen atoms in total. The van der Waals surface area contributed by atoms with Gasteiger partial charge in [-0.3, -0.25) is 14.7 Å². The van der Waals surface area contributed by atoms with E-state index in [2.05, 4.69) is 55.4 Å². The maximum absolute atomic E-state index is 12.1. The molecular formula is C27H33BrN6O2. The van der Waals surface area contributed by atoms with Crippen LogP contribution in [0.15, 0.2) is 48.7 Å². The number of piperazine rings is 1. The van der Waals surface area contributed by atoms with Crippen molar-refractivity contribution >= 4 is 40.9 Å². The van der Waals surface area contributed by atoms with E-state index in [-0.39, 0.29) is 17.0 Å². The van der Waals surface area contributed by atoms with Gasteiger partial charge in [-0.15, -0.1) is 17.0 Å². The van der Waals surface area contributed by atoms with E-state index in [0.717, 1.165) is 87.4 Å². The highest BCUT2D eigenvalue weighted by Crippen LogP contribution is 2.28. The molecular weight excluding hydrogens is 520 g/mol. The van der Waals surface area contributed by atoms with Crippen LogP contribution in [0, 0.1) is 0 Å². The molecule has 9 heteroatoms. The molecule has 0 radical (unpaired) electrons. The SMILES string of the molecule is Br.NC(=O)c1cc(-c2ccnc(/C=C/c3ccc(CN4CCOCC4)cc3)c2)[nH]c1N1CCNCC1. The third kappa shape index (κ3) is 6.41. The molecule has 0 bridgehead atoms. The average Bonchev–Trinajstić information content (AvgIpc) is 3.36. The minimum absolute atomic E-state index is 0. The minimum Gasteiger partial charge on any atom is -0.379 e. The van der Waals surface area contributed by atoms with Crippen molar-refractivity contribution in [2.24, 2.45) is 5.73 Å². The van der Waals surface area contributed by atoms with Crippen LogP contribution in [0.3, 0.4) is 0 Å². The number of primary amides is 1. The van der Waals surface area contributed by atoms with E-state index in [1.807, 2.05) is 24.3 Å². The normalized spacial score (nSPS) is 16.7. The molecule has 0 atom stereocenters. The summed E-state index contributed by atoms with van der Waals surface area (Å²) in [6.45, 7) is 7.98. The van der Waals surface area contributed by atoms with Crippen LogP contribution in [0.1, 0.15) is 27.2 Å². The largest absolute Gasteiger partial charge is 0.379 e. The molecule has 2 fully saturated rings. The fraction of sp³-hybridized carbons (Fsp3) is 0.333. The van der Waals surface area contributed by atoms with Crippen LogP contribution < -0.4 is 16.0 Å². The number of hydrogen-bond donors (Lipinski definition) is 3. The molecule has 1 amide bonds. The van der Waals surface area contributed by atoms with Crippen LogP contribution in [0.25, 0.3) is 23.4 Å². The highest BCUT2D eigenvalue weighted by Gasteiger charge is 2.21. The molecule has 0 spiro atoms. The van der Waals surface area contributed by atoms with Crippen molar-refractivity contribution in [3.8, 4) is 11.3 Å². The number of carbonyl (C=O) groups excluding carboxylic acids is 1. The molecule has 2 aromatic heterocycles. The van der Waals surface area contributed by atoms with E-state index in [4.69, 9.17) is 10.5 Å². The lowest BCUT2D eigenvalue weighted by Gasteiger charge is -2.28.